The van der Waals surface area contributed by atoms with Crippen LogP contribution in [0.4, 0.5) is 0 Å². The molecule has 0 radical (unpaired) electrons. The maximum atomic E-state index is 5.49. The van der Waals surface area contributed by atoms with Crippen molar-refractivity contribution in [2.45, 2.75) is 24.4 Å². The van der Waals surface area contributed by atoms with Gasteiger partial charge in [0.25, 0.3) is 0 Å². The minimum atomic E-state index is 0.931. The second-order valence-electron chi connectivity index (χ2n) is 3.51. The average Bonchev–Trinajstić information content (AvgIpc) is 2.57. The Morgan fingerprint density at radius 1 is 1.17 bits per heavy atom. The Labute approximate surface area is 84.8 Å². The molecule has 1 heterocycles. The van der Waals surface area contributed by atoms with Gasteiger partial charge in [-0.05, 0) is 0 Å². The van der Waals surface area contributed by atoms with Crippen LogP contribution < -0.4 is 0 Å². The zero-order valence-corrected chi connectivity index (χ0v) is 8.22. The molecule has 0 aromatic rings. The van der Waals surface area contributed by atoms with E-state index in [0.29, 0.717) is 0 Å². The van der Waals surface area contributed by atoms with Crippen LogP contribution >= 0.6 is 0 Å². The van der Waals surface area contributed by atoms with Crippen LogP contribution in [0.25, 0.3) is 0 Å². The Kier molecular flexibility index (Phi) is 6.16. The van der Waals surface area contributed by atoms with Crippen molar-refractivity contribution < 1.29 is 4.74 Å². The summed E-state index contributed by atoms with van der Waals surface area (Å²) < 4.78 is 5.49. The number of hydrogen-bond acceptors (Lipinski definition) is 2. The number of nitrogens with zero attached hydrogens (tertiary/aromatic N) is 1. The van der Waals surface area contributed by atoms with Gasteiger partial charge in [0.15, 0.2) is 0 Å². The fraction of sp³-hybridized carbons (Fsp3) is 1.00. The first-order valence-corrected chi connectivity index (χ1v) is 5.23. The number of rotatable bonds is 6. The molecule has 0 N–H and O–H groups in total. The fourth-order valence-corrected chi connectivity index (χ4v) is 1.55. The Balaban J connectivity index is 1.81. The van der Waals surface area contributed by atoms with E-state index in [2.05, 4.69) is 22.6 Å². The third-order valence-corrected chi connectivity index (χ3v) is 2.39. The van der Waals surface area contributed by atoms with Gasteiger partial charge in [0.2, 0.25) is 0 Å². The number of hydrogen-bond donors (Lipinski definition) is 0. The molecule has 1 fully saturated rings. The molecule has 1 aliphatic heterocycles. The van der Waals surface area contributed by atoms with Gasteiger partial charge in [-0.25, -0.2) is 0 Å². The number of likely N-dealkylation sites (tertiary alicyclic amines) is 1. The molecule has 0 spiro atoms. The van der Waals surface area contributed by atoms with Gasteiger partial charge in [-0.15, -0.1) is 0 Å². The first-order chi connectivity index (χ1) is 5.93. The Morgan fingerprint density at radius 3 is 2.58 bits per heavy atom. The molecule has 12 heavy (non-hydrogen) atoms. The van der Waals surface area contributed by atoms with Crippen LogP contribution in [0.5, 0.6) is 0 Å². The van der Waals surface area contributed by atoms with Crippen molar-refractivity contribution in [3.63, 3.8) is 0 Å². The fourth-order valence-electron chi connectivity index (χ4n) is 1.55. The summed E-state index contributed by atoms with van der Waals surface area (Å²) in [4.78, 5) is 2.49. The van der Waals surface area contributed by atoms with Crippen molar-refractivity contribution in [2.75, 3.05) is 32.8 Å². The van der Waals surface area contributed by atoms with E-state index in [1.807, 2.05) is 0 Å². The van der Waals surface area contributed by atoms with Crippen molar-refractivity contribution in [3.8, 4) is 0 Å². The first-order valence-electron chi connectivity index (χ1n) is 5.23. The van der Waals surface area contributed by atoms with Crippen molar-refractivity contribution in [2.24, 2.45) is 0 Å². The molecule has 3 heteroatoms. The van der Waals surface area contributed by atoms with Gasteiger partial charge in [0, 0.05) is 0 Å². The third kappa shape index (κ3) is 4.52. The van der Waals surface area contributed by atoms with E-state index in [0.717, 1.165) is 19.8 Å². The molecule has 0 aliphatic carbocycles. The SMILES string of the molecule is [Li][CH2]CCOCCN1CCCC1. The van der Waals surface area contributed by atoms with Gasteiger partial charge in [-0.2, -0.15) is 0 Å². The molecule has 0 saturated carbocycles. The summed E-state index contributed by atoms with van der Waals surface area (Å²) in [6.45, 7) is 5.60. The molecule has 1 saturated heterocycles. The summed E-state index contributed by atoms with van der Waals surface area (Å²) >= 11 is 2.20. The molecule has 0 aromatic carbocycles. The second-order valence-corrected chi connectivity index (χ2v) is 3.51. The molecule has 0 unspecified atom stereocenters. The van der Waals surface area contributed by atoms with E-state index in [9.17, 15) is 0 Å². The summed E-state index contributed by atoms with van der Waals surface area (Å²) in [7, 11) is 0. The van der Waals surface area contributed by atoms with Crippen LogP contribution in [-0.4, -0.2) is 55.5 Å². The molecule has 2 nitrogen and oxygen atoms in total. The third-order valence-electron chi connectivity index (χ3n) is 2.39. The van der Waals surface area contributed by atoms with E-state index < -0.39 is 0 Å². The summed E-state index contributed by atoms with van der Waals surface area (Å²) in [5, 5.41) is 1.24. The predicted molar refractivity (Wildman–Crippen MR) is 51.7 cm³/mol. The molecule has 1 rings (SSSR count). The summed E-state index contributed by atoms with van der Waals surface area (Å²) in [6.07, 6.45) is 3.98. The van der Waals surface area contributed by atoms with Crippen LogP contribution in [0.2, 0.25) is 5.09 Å². The Hall–Kier alpha value is 0.517. The van der Waals surface area contributed by atoms with E-state index in [4.69, 9.17) is 4.74 Å². The monoisotopic (exact) mass is 163 g/mol. The molecule has 0 bridgehead atoms. The van der Waals surface area contributed by atoms with Crippen LogP contribution in [0.15, 0.2) is 0 Å². The topological polar surface area (TPSA) is 12.5 Å². The molecular weight excluding hydrogens is 145 g/mol. The van der Waals surface area contributed by atoms with Gasteiger partial charge >= 0.3 is 84.6 Å². The zero-order chi connectivity index (χ0) is 8.65. The second kappa shape index (κ2) is 6.97. The van der Waals surface area contributed by atoms with Crippen molar-refractivity contribution in [1.82, 2.24) is 4.90 Å². The van der Waals surface area contributed by atoms with E-state index in [1.54, 1.807) is 0 Å². The first kappa shape index (κ1) is 10.6. The molecule has 0 aromatic heterocycles. The van der Waals surface area contributed by atoms with Gasteiger partial charge in [-0.1, -0.05) is 0 Å². The van der Waals surface area contributed by atoms with Gasteiger partial charge < -0.3 is 0 Å². The van der Waals surface area contributed by atoms with Gasteiger partial charge in [-0.3, -0.25) is 0 Å². The van der Waals surface area contributed by atoms with E-state index >= 15 is 0 Å². The van der Waals surface area contributed by atoms with Crippen molar-refractivity contribution in [3.05, 3.63) is 0 Å². The predicted octanol–water partition coefficient (Wildman–Crippen LogP) is 1.08. The van der Waals surface area contributed by atoms with Gasteiger partial charge in [0.05, 0.1) is 0 Å². The maximum absolute atomic E-state index is 5.49. The Morgan fingerprint density at radius 2 is 1.92 bits per heavy atom. The molecule has 0 atom stereocenters. The van der Waals surface area contributed by atoms with E-state index in [1.165, 1.54) is 37.4 Å². The average molecular weight is 163 g/mol. The van der Waals surface area contributed by atoms with Crippen molar-refractivity contribution >= 4 is 17.7 Å². The van der Waals surface area contributed by atoms with Crippen LogP contribution in [0, 0.1) is 0 Å². The molecule has 1 aliphatic rings. The standard InChI is InChI=1S/C9H18NO.Li/c1-2-8-11-9-7-10-5-3-4-6-10;/h1-9H2;. The summed E-state index contributed by atoms with van der Waals surface area (Å²) in [5.41, 5.74) is 0. The normalized spacial score (nSPS) is 18.8. The molecule has 66 valence electrons. The quantitative estimate of drug-likeness (QED) is 0.429. The summed E-state index contributed by atoms with van der Waals surface area (Å²) in [6, 6.07) is 0. The Bertz CT molecular complexity index is 105. The summed E-state index contributed by atoms with van der Waals surface area (Å²) in [5.74, 6) is 0. The van der Waals surface area contributed by atoms with Crippen LogP contribution in [-0.2, 0) is 4.74 Å². The van der Waals surface area contributed by atoms with Gasteiger partial charge in [0.1, 0.15) is 0 Å². The van der Waals surface area contributed by atoms with Crippen LogP contribution in [0.3, 0.4) is 0 Å². The van der Waals surface area contributed by atoms with E-state index in [-0.39, 0.29) is 0 Å². The minimum absolute atomic E-state index is 0.931. The molecule has 0 amide bonds. The molecular formula is C9H18LiNO. The zero-order valence-electron chi connectivity index (χ0n) is 8.22. The van der Waals surface area contributed by atoms with Crippen LogP contribution in [0.1, 0.15) is 19.3 Å². The number of ether oxygens (including phenoxy) is 1. The van der Waals surface area contributed by atoms with Crippen molar-refractivity contribution in [1.29, 1.82) is 0 Å².